The fourth-order valence-electron chi connectivity index (χ4n) is 7.45. The zero-order valence-electron chi connectivity index (χ0n) is 39.3. The second kappa shape index (κ2) is 29.7. The Morgan fingerprint density at radius 3 is 1.51 bits per heavy atom. The van der Waals surface area contributed by atoms with E-state index in [9.17, 15) is 38.7 Å². The maximum absolute atomic E-state index is 14.5. The summed E-state index contributed by atoms with van der Waals surface area (Å²) in [6, 6.07) is 20.4. The first-order valence-corrected chi connectivity index (χ1v) is 23.1. The van der Waals surface area contributed by atoms with E-state index < -0.39 is 90.1 Å². The molecule has 68 heavy (non-hydrogen) atoms. The monoisotopic (exact) mass is 942 g/mol. The third-order valence-corrected chi connectivity index (χ3v) is 10.9. The molecule has 370 valence electrons. The number of rotatable bonds is 30. The molecule has 0 bridgehead atoms. The summed E-state index contributed by atoms with van der Waals surface area (Å²) in [5.74, 6) is -4.69. The van der Waals surface area contributed by atoms with Crippen molar-refractivity contribution in [1.29, 1.82) is 0 Å². The maximum atomic E-state index is 14.5. The fraction of sp³-hybridized carbons (Fsp3) is 0.469. The smallest absolute Gasteiger partial charge is 0.243 e. The highest BCUT2D eigenvalue weighted by molar-refractivity contribution is 5.95. The Kier molecular flexibility index (Phi) is 24.2. The van der Waals surface area contributed by atoms with Crippen molar-refractivity contribution in [3.05, 3.63) is 108 Å². The van der Waals surface area contributed by atoms with Crippen LogP contribution in [-0.2, 0) is 52.8 Å². The highest BCUT2D eigenvalue weighted by Crippen LogP contribution is 2.14. The molecule has 0 unspecified atom stereocenters. The molecule has 19 nitrogen and oxygen atoms in total. The summed E-state index contributed by atoms with van der Waals surface area (Å²) < 4.78 is 0. The fourth-order valence-corrected chi connectivity index (χ4v) is 7.45. The van der Waals surface area contributed by atoms with E-state index in [1.165, 1.54) is 6.92 Å². The van der Waals surface area contributed by atoms with Crippen molar-refractivity contribution in [2.75, 3.05) is 13.1 Å². The van der Waals surface area contributed by atoms with Gasteiger partial charge in [-0.1, -0.05) is 105 Å². The number of benzene rings is 3. The molecule has 7 amide bonds. The average molecular weight is 942 g/mol. The molecule has 3 aromatic rings. The number of nitrogens with two attached hydrogens (primary N) is 4. The van der Waals surface area contributed by atoms with Crippen molar-refractivity contribution in [3.63, 3.8) is 0 Å². The van der Waals surface area contributed by atoms with Crippen LogP contribution in [0.25, 0.3) is 0 Å². The van der Waals surface area contributed by atoms with E-state index in [2.05, 4.69) is 36.9 Å². The minimum Gasteiger partial charge on any atom is -0.390 e. The van der Waals surface area contributed by atoms with Crippen LogP contribution in [0.15, 0.2) is 96.0 Å². The molecular formula is C49H71N11O8. The number of carbonyl (C=O) groups excluding carboxylic acids is 7. The number of aliphatic hydroxyl groups is 1. The predicted octanol–water partition coefficient (Wildman–Crippen LogP) is 0.108. The Bertz CT molecular complexity index is 2090. The van der Waals surface area contributed by atoms with Gasteiger partial charge >= 0.3 is 0 Å². The Morgan fingerprint density at radius 2 is 1.01 bits per heavy atom. The number of hydrogen-bond donors (Lipinski definition) is 11. The van der Waals surface area contributed by atoms with Crippen LogP contribution in [0.1, 0.15) is 82.4 Å². The second-order valence-corrected chi connectivity index (χ2v) is 17.3. The Balaban J connectivity index is 1.88. The van der Waals surface area contributed by atoms with Gasteiger partial charge in [0.05, 0.1) is 18.6 Å². The zero-order chi connectivity index (χ0) is 50.0. The molecule has 0 heterocycles. The second-order valence-electron chi connectivity index (χ2n) is 17.3. The summed E-state index contributed by atoms with van der Waals surface area (Å²) in [4.78, 5) is 98.1. The third-order valence-electron chi connectivity index (χ3n) is 10.9. The minimum absolute atomic E-state index is 0.0195. The van der Waals surface area contributed by atoms with E-state index in [-0.39, 0.29) is 56.9 Å². The Labute approximate surface area is 398 Å². The van der Waals surface area contributed by atoms with E-state index in [4.69, 9.17) is 22.9 Å². The topological polar surface area (TPSA) is 328 Å². The highest BCUT2D eigenvalue weighted by Gasteiger charge is 2.33. The van der Waals surface area contributed by atoms with Crippen LogP contribution in [0.3, 0.4) is 0 Å². The summed E-state index contributed by atoms with van der Waals surface area (Å²) in [5, 5.41) is 28.2. The van der Waals surface area contributed by atoms with Gasteiger partial charge in [0.2, 0.25) is 41.4 Å². The number of aliphatic hydroxyl groups excluding tert-OH is 1. The molecule has 3 aromatic carbocycles. The molecule has 0 aliphatic carbocycles. The van der Waals surface area contributed by atoms with Gasteiger partial charge < -0.3 is 59.9 Å². The highest BCUT2D eigenvalue weighted by atomic mass is 16.3. The SMILES string of the molecule is CC(=O)N[C@@H](Cc1ccccc1)C(=O)N[C@@H](CCCCN)C(=O)N[C@@H](Cc1ccccc1)C(=O)N[C@@H](Cc1ccccc1)[C@@H](O)CC(=O)N[C@@H](CC(C)C)C(=O)N[C@@H](CCCN=C(N)N)C(N)=O. The van der Waals surface area contributed by atoms with Gasteiger partial charge in [-0.3, -0.25) is 38.6 Å². The molecule has 7 atom stereocenters. The number of nitrogens with one attached hydrogen (secondary N) is 6. The van der Waals surface area contributed by atoms with Crippen LogP contribution in [0.2, 0.25) is 0 Å². The lowest BCUT2D eigenvalue weighted by Gasteiger charge is -2.29. The quantitative estimate of drug-likeness (QED) is 0.0242. The van der Waals surface area contributed by atoms with Crippen molar-refractivity contribution >= 4 is 47.3 Å². The van der Waals surface area contributed by atoms with Gasteiger partial charge in [-0.05, 0) is 74.1 Å². The van der Waals surface area contributed by atoms with Crippen molar-refractivity contribution < 1.29 is 38.7 Å². The number of primary amides is 1. The van der Waals surface area contributed by atoms with Crippen LogP contribution in [-0.4, -0.2) is 108 Å². The molecule has 19 heteroatoms. The van der Waals surface area contributed by atoms with Crippen LogP contribution in [0.4, 0.5) is 0 Å². The number of unbranched alkanes of at least 4 members (excludes halogenated alkanes) is 1. The van der Waals surface area contributed by atoms with E-state index in [1.807, 2.05) is 50.2 Å². The molecule has 0 saturated heterocycles. The summed E-state index contributed by atoms with van der Waals surface area (Å²) in [6.07, 6.45) is 0.0823. The minimum atomic E-state index is -1.50. The van der Waals surface area contributed by atoms with Gasteiger partial charge in [-0.15, -0.1) is 0 Å². The summed E-state index contributed by atoms with van der Waals surface area (Å²) in [5.41, 5.74) is 24.3. The molecule has 0 aliphatic rings. The van der Waals surface area contributed by atoms with Gasteiger partial charge in [0.15, 0.2) is 5.96 Å². The van der Waals surface area contributed by atoms with Crippen molar-refractivity contribution in [3.8, 4) is 0 Å². The molecule has 0 radical (unpaired) electrons. The van der Waals surface area contributed by atoms with Crippen molar-refractivity contribution in [1.82, 2.24) is 31.9 Å². The first-order valence-electron chi connectivity index (χ1n) is 23.1. The first-order chi connectivity index (χ1) is 32.4. The number of hydrogen-bond acceptors (Lipinski definition) is 10. The first kappa shape index (κ1) is 55.5. The lowest BCUT2D eigenvalue weighted by molar-refractivity contribution is -0.134. The Hall–Kier alpha value is -6.86. The molecule has 0 saturated carbocycles. The van der Waals surface area contributed by atoms with Gasteiger partial charge in [-0.2, -0.15) is 0 Å². The standard InChI is InChI=1S/C49H71N11O8/c1-31(2)26-39(46(66)57-36(44(51)64)23-15-25-54-49(52)53)56-43(63)30-42(62)38(27-33-16-7-4-8-17-33)59-48(68)41(29-35-20-11-6-12-21-35)60-45(65)37(22-13-14-24-50)58-47(67)40(55-32(3)61)28-34-18-9-5-10-19-34/h4-12,16-21,31,36-42,62H,13-15,22-30,50H2,1-3H3,(H2,51,64)(H,55,61)(H,56,63)(H,57,66)(H,58,67)(H,59,68)(H,60,65)(H4,52,53,54)/t36-,37-,38-,39-,40-,41-,42-/m0/s1. The summed E-state index contributed by atoms with van der Waals surface area (Å²) in [6.45, 7) is 5.55. The van der Waals surface area contributed by atoms with Gasteiger partial charge in [0, 0.05) is 26.3 Å². The predicted molar refractivity (Wildman–Crippen MR) is 260 cm³/mol. The normalized spacial score (nSPS) is 14.1. The number of amides is 7. The number of carbonyl (C=O) groups is 7. The van der Waals surface area contributed by atoms with Crippen molar-refractivity contribution in [2.24, 2.45) is 33.8 Å². The molecule has 0 fully saturated rings. The maximum Gasteiger partial charge on any atom is 0.243 e. The van der Waals surface area contributed by atoms with Gasteiger partial charge in [0.25, 0.3) is 0 Å². The van der Waals surface area contributed by atoms with Gasteiger partial charge in [0.1, 0.15) is 30.2 Å². The van der Waals surface area contributed by atoms with E-state index in [0.717, 1.165) is 11.1 Å². The van der Waals surface area contributed by atoms with E-state index >= 15 is 0 Å². The summed E-state index contributed by atoms with van der Waals surface area (Å²) >= 11 is 0. The van der Waals surface area contributed by atoms with Crippen LogP contribution in [0.5, 0.6) is 0 Å². The number of aliphatic imine (C=N–C) groups is 1. The molecule has 0 aromatic heterocycles. The average Bonchev–Trinajstić information content (AvgIpc) is 3.29. The van der Waals surface area contributed by atoms with E-state index in [0.29, 0.717) is 31.4 Å². The molecule has 3 rings (SSSR count). The van der Waals surface area contributed by atoms with Crippen molar-refractivity contribution in [2.45, 2.75) is 127 Å². The number of nitrogens with zero attached hydrogens (tertiary/aromatic N) is 1. The number of guanidine groups is 1. The van der Waals surface area contributed by atoms with Crippen LogP contribution in [0, 0.1) is 5.92 Å². The molecule has 15 N–H and O–H groups in total. The third kappa shape index (κ3) is 21.2. The lowest BCUT2D eigenvalue weighted by Crippen LogP contribution is -2.59. The zero-order valence-corrected chi connectivity index (χ0v) is 39.3. The molecule has 0 aliphatic heterocycles. The Morgan fingerprint density at radius 1 is 0.559 bits per heavy atom. The summed E-state index contributed by atoms with van der Waals surface area (Å²) in [7, 11) is 0. The largest absolute Gasteiger partial charge is 0.390 e. The molecule has 0 spiro atoms. The van der Waals surface area contributed by atoms with Gasteiger partial charge in [-0.25, -0.2) is 0 Å². The van der Waals surface area contributed by atoms with Crippen LogP contribution < -0.4 is 54.8 Å². The lowest BCUT2D eigenvalue weighted by atomic mass is 9.97. The molecular weight excluding hydrogens is 871 g/mol. The van der Waals surface area contributed by atoms with Crippen LogP contribution >= 0.6 is 0 Å². The van der Waals surface area contributed by atoms with E-state index in [1.54, 1.807) is 54.6 Å².